The highest BCUT2D eigenvalue weighted by Crippen LogP contribution is 2.29. The Balaban J connectivity index is 0.000000384. The van der Waals surface area contributed by atoms with E-state index in [0.29, 0.717) is 24.3 Å². The number of hydrogen-bond donors (Lipinski definition) is 2. The highest BCUT2D eigenvalue weighted by atomic mass is 19.4. The van der Waals surface area contributed by atoms with Gasteiger partial charge in [-0.15, -0.1) is 0 Å². The average Bonchev–Trinajstić information content (AvgIpc) is 3.23. The number of fused-ring (bicyclic) bond motifs is 3. The first-order valence-electron chi connectivity index (χ1n) is 11.1. The Morgan fingerprint density at radius 2 is 1.69 bits per heavy atom. The minimum absolute atomic E-state index is 0.115. The van der Waals surface area contributed by atoms with Crippen LogP contribution in [0.25, 0.3) is 16.6 Å². The molecule has 2 fully saturated rings. The third-order valence-electron chi connectivity index (χ3n) is 5.94. The molecule has 2 saturated heterocycles. The molecule has 0 amide bonds. The molecule has 2 aliphatic heterocycles. The van der Waals surface area contributed by atoms with Gasteiger partial charge in [-0.3, -0.25) is 0 Å². The third-order valence-corrected chi connectivity index (χ3v) is 5.94. The number of nitrogens with one attached hydrogen (secondary N) is 1. The molecule has 0 saturated carbocycles. The normalized spacial score (nSPS) is 21.1. The van der Waals surface area contributed by atoms with E-state index in [1.54, 1.807) is 12.3 Å². The third kappa shape index (κ3) is 5.50. The SMILES string of the molecule is N#Cc1ccccc1-n1cc(C(=O)OC2CC3COCC(C2)N3)c2ccccc21.O=C(O)C(F)(F)F. The molecule has 0 radical (unpaired) electrons. The molecule has 2 aliphatic rings. The highest BCUT2D eigenvalue weighted by molar-refractivity contribution is 6.05. The summed E-state index contributed by atoms with van der Waals surface area (Å²) in [5.41, 5.74) is 2.70. The molecular formula is C25H22F3N3O5. The summed E-state index contributed by atoms with van der Waals surface area (Å²) in [4.78, 5) is 22.0. The van der Waals surface area contributed by atoms with Crippen LogP contribution in [0.2, 0.25) is 0 Å². The summed E-state index contributed by atoms with van der Waals surface area (Å²) in [7, 11) is 0. The van der Waals surface area contributed by atoms with Crippen molar-refractivity contribution in [2.75, 3.05) is 13.2 Å². The van der Waals surface area contributed by atoms with Crippen molar-refractivity contribution in [3.8, 4) is 11.8 Å². The number of esters is 1. The standard InChI is InChI=1S/C23H21N3O3.C2HF3O2/c24-11-15-5-1-3-7-21(15)26-12-20(19-6-2-4-8-22(19)26)23(27)29-18-9-16-13-28-14-17(10-18)25-16;3-2(4,5)1(6)7/h1-8,12,16-18,25H,9-10,13-14H2;(H,6,7). The Bertz CT molecular complexity index is 1300. The van der Waals surface area contributed by atoms with Crippen molar-refractivity contribution in [3.05, 3.63) is 65.9 Å². The first kappa shape index (κ1) is 25.2. The largest absolute Gasteiger partial charge is 0.490 e. The summed E-state index contributed by atoms with van der Waals surface area (Å²) in [6.45, 7) is 1.32. The van der Waals surface area contributed by atoms with Gasteiger partial charge in [0.15, 0.2) is 0 Å². The van der Waals surface area contributed by atoms with E-state index < -0.39 is 12.1 Å². The number of aromatic nitrogens is 1. The van der Waals surface area contributed by atoms with Crippen molar-refractivity contribution >= 4 is 22.8 Å². The number of carboxylic acids is 1. The topological polar surface area (TPSA) is 114 Å². The zero-order valence-corrected chi connectivity index (χ0v) is 18.9. The number of halogens is 3. The zero-order valence-electron chi connectivity index (χ0n) is 18.9. The molecule has 2 unspecified atom stereocenters. The van der Waals surface area contributed by atoms with E-state index in [2.05, 4.69) is 11.4 Å². The van der Waals surface area contributed by atoms with Crippen molar-refractivity contribution < 1.29 is 37.3 Å². The maximum atomic E-state index is 13.1. The molecule has 3 aromatic rings. The Labute approximate surface area is 203 Å². The number of rotatable bonds is 3. The number of ether oxygens (including phenoxy) is 2. The van der Waals surface area contributed by atoms with Crippen molar-refractivity contribution in [2.24, 2.45) is 0 Å². The Kier molecular flexibility index (Phi) is 7.28. The number of alkyl halides is 3. The predicted octanol–water partition coefficient (Wildman–Crippen LogP) is 3.81. The molecule has 2 atom stereocenters. The van der Waals surface area contributed by atoms with E-state index in [0.717, 1.165) is 29.4 Å². The van der Waals surface area contributed by atoms with E-state index in [1.807, 2.05) is 47.0 Å². The van der Waals surface area contributed by atoms with Gasteiger partial charge in [-0.1, -0.05) is 30.3 Å². The number of nitriles is 1. The number of benzene rings is 2. The summed E-state index contributed by atoms with van der Waals surface area (Å²) in [5.74, 6) is -3.08. The van der Waals surface area contributed by atoms with Crippen LogP contribution in [0, 0.1) is 11.3 Å². The highest BCUT2D eigenvalue weighted by Gasteiger charge is 2.38. The van der Waals surface area contributed by atoms with Gasteiger partial charge in [0.1, 0.15) is 12.2 Å². The molecule has 11 heteroatoms. The minimum atomic E-state index is -5.08. The van der Waals surface area contributed by atoms with E-state index in [4.69, 9.17) is 19.4 Å². The summed E-state index contributed by atoms with van der Waals surface area (Å²) in [6.07, 6.45) is -1.89. The molecule has 36 heavy (non-hydrogen) atoms. The van der Waals surface area contributed by atoms with Crippen molar-refractivity contribution in [2.45, 2.75) is 37.2 Å². The van der Waals surface area contributed by atoms with Crippen LogP contribution in [0.4, 0.5) is 13.2 Å². The molecule has 2 bridgehead atoms. The second-order valence-corrected chi connectivity index (χ2v) is 8.46. The molecule has 0 aliphatic carbocycles. The number of piperidine rings is 1. The van der Waals surface area contributed by atoms with Gasteiger partial charge in [0.25, 0.3) is 0 Å². The summed E-state index contributed by atoms with van der Waals surface area (Å²) in [6, 6.07) is 17.8. The summed E-state index contributed by atoms with van der Waals surface area (Å²) in [5, 5.41) is 21.0. The zero-order chi connectivity index (χ0) is 25.9. The second kappa shape index (κ2) is 10.4. The van der Waals surface area contributed by atoms with Crippen molar-refractivity contribution in [1.29, 1.82) is 5.26 Å². The van der Waals surface area contributed by atoms with Crippen LogP contribution in [-0.4, -0.2) is 59.2 Å². The van der Waals surface area contributed by atoms with Gasteiger partial charge >= 0.3 is 18.1 Å². The second-order valence-electron chi connectivity index (χ2n) is 8.46. The number of aliphatic carboxylic acids is 1. The molecule has 3 heterocycles. The maximum absolute atomic E-state index is 13.1. The van der Waals surface area contributed by atoms with Gasteiger partial charge in [-0.05, 0) is 18.2 Å². The van der Waals surface area contributed by atoms with Gasteiger partial charge in [0.05, 0.1) is 35.5 Å². The Morgan fingerprint density at radius 1 is 1.08 bits per heavy atom. The maximum Gasteiger partial charge on any atom is 0.490 e. The molecule has 1 aromatic heterocycles. The number of carbonyl (C=O) groups is 2. The number of morpholine rings is 1. The number of carboxylic acid groups (broad SMARTS) is 1. The Morgan fingerprint density at radius 3 is 2.33 bits per heavy atom. The van der Waals surface area contributed by atoms with Gasteiger partial charge in [0, 0.05) is 36.5 Å². The fraction of sp³-hybridized carbons (Fsp3) is 0.320. The van der Waals surface area contributed by atoms with E-state index in [-0.39, 0.29) is 24.2 Å². The number of nitrogens with zero attached hydrogens (tertiary/aromatic N) is 2. The van der Waals surface area contributed by atoms with E-state index in [1.165, 1.54) is 0 Å². The van der Waals surface area contributed by atoms with E-state index >= 15 is 0 Å². The lowest BCUT2D eigenvalue weighted by Gasteiger charge is -2.39. The lowest BCUT2D eigenvalue weighted by molar-refractivity contribution is -0.192. The molecule has 188 valence electrons. The monoisotopic (exact) mass is 501 g/mol. The molecule has 2 aromatic carbocycles. The summed E-state index contributed by atoms with van der Waals surface area (Å²) >= 11 is 0. The van der Waals surface area contributed by atoms with E-state index in [9.17, 15) is 23.2 Å². The summed E-state index contributed by atoms with van der Waals surface area (Å²) < 4.78 is 45.1. The molecule has 5 rings (SSSR count). The van der Waals surface area contributed by atoms with Crippen LogP contribution in [0.1, 0.15) is 28.8 Å². The van der Waals surface area contributed by atoms with Crippen LogP contribution in [0.3, 0.4) is 0 Å². The molecule has 0 spiro atoms. The molecule has 2 N–H and O–H groups in total. The molecule has 8 nitrogen and oxygen atoms in total. The van der Waals surface area contributed by atoms with Crippen LogP contribution in [0.5, 0.6) is 0 Å². The number of hydrogen-bond acceptors (Lipinski definition) is 6. The predicted molar refractivity (Wildman–Crippen MR) is 122 cm³/mol. The van der Waals surface area contributed by atoms with Gasteiger partial charge in [0.2, 0.25) is 0 Å². The van der Waals surface area contributed by atoms with Gasteiger partial charge in [-0.25, -0.2) is 9.59 Å². The van der Waals surface area contributed by atoms with Gasteiger partial charge < -0.3 is 24.5 Å². The van der Waals surface area contributed by atoms with Crippen molar-refractivity contribution in [1.82, 2.24) is 9.88 Å². The number of para-hydroxylation sites is 2. The minimum Gasteiger partial charge on any atom is -0.475 e. The van der Waals surface area contributed by atoms with Crippen LogP contribution in [0.15, 0.2) is 54.7 Å². The van der Waals surface area contributed by atoms with Crippen LogP contribution >= 0.6 is 0 Å². The number of carbonyl (C=O) groups excluding carboxylic acids is 1. The van der Waals surface area contributed by atoms with Crippen LogP contribution in [-0.2, 0) is 14.3 Å². The fourth-order valence-electron chi connectivity index (χ4n) is 4.42. The lowest BCUT2D eigenvalue weighted by atomic mass is 9.94. The average molecular weight is 501 g/mol. The Hall–Kier alpha value is -3.88. The quantitative estimate of drug-likeness (QED) is 0.525. The lowest BCUT2D eigenvalue weighted by Crippen LogP contribution is -2.56. The molecular weight excluding hydrogens is 479 g/mol. The van der Waals surface area contributed by atoms with Crippen LogP contribution < -0.4 is 5.32 Å². The fourth-order valence-corrected chi connectivity index (χ4v) is 4.42. The smallest absolute Gasteiger partial charge is 0.475 e. The first-order valence-corrected chi connectivity index (χ1v) is 11.1. The van der Waals surface area contributed by atoms with Gasteiger partial charge in [-0.2, -0.15) is 18.4 Å². The van der Waals surface area contributed by atoms with Crippen molar-refractivity contribution in [3.63, 3.8) is 0 Å². The first-order chi connectivity index (χ1) is 17.2.